The zero-order chi connectivity index (χ0) is 10.4. The van der Waals surface area contributed by atoms with Crippen LogP contribution in [0.25, 0.3) is 0 Å². The van der Waals surface area contributed by atoms with E-state index in [-0.39, 0.29) is 17.2 Å². The van der Waals surface area contributed by atoms with Crippen molar-refractivity contribution in [1.29, 1.82) is 0 Å². The van der Waals surface area contributed by atoms with Gasteiger partial charge in [0.1, 0.15) is 6.23 Å². The first-order chi connectivity index (χ1) is 6.04. The Morgan fingerprint density at radius 2 is 2.15 bits per heavy atom. The molecular formula is C8H15BrN2O2. The number of amides is 2. The molecule has 5 heteroatoms. The van der Waals surface area contributed by atoms with Crippen LogP contribution in [0.2, 0.25) is 0 Å². The van der Waals surface area contributed by atoms with Gasteiger partial charge in [-0.1, -0.05) is 15.9 Å². The summed E-state index contributed by atoms with van der Waals surface area (Å²) in [6.07, 6.45) is 1.18. The summed E-state index contributed by atoms with van der Waals surface area (Å²) in [7, 11) is 1.55. The van der Waals surface area contributed by atoms with Gasteiger partial charge in [-0.05, 0) is 20.8 Å². The third kappa shape index (κ3) is 3.87. The second-order valence-corrected chi connectivity index (χ2v) is 3.81. The molecule has 0 bridgehead atoms. The molecule has 0 N–H and O–H groups in total. The molecule has 0 spiro atoms. The van der Waals surface area contributed by atoms with E-state index < -0.39 is 0 Å². The van der Waals surface area contributed by atoms with Crippen molar-refractivity contribution in [2.45, 2.75) is 32.0 Å². The Bertz CT molecular complexity index is 195. The Labute approximate surface area is 87.1 Å². The Hall–Kier alpha value is -0.420. The molecule has 0 aromatic rings. The van der Waals surface area contributed by atoms with E-state index >= 15 is 0 Å². The van der Waals surface area contributed by atoms with Crippen LogP contribution >= 0.6 is 15.9 Å². The number of alkyl halides is 1. The summed E-state index contributed by atoms with van der Waals surface area (Å²) in [5.41, 5.74) is 0. The molecule has 0 saturated carbocycles. The molecule has 0 rings (SSSR count). The normalized spacial score (nSPS) is 15.8. The maximum atomic E-state index is 11.4. The number of urea groups is 1. The van der Waals surface area contributed by atoms with Crippen LogP contribution in [0.15, 0.2) is 4.99 Å². The zero-order valence-electron chi connectivity index (χ0n) is 8.32. The summed E-state index contributed by atoms with van der Waals surface area (Å²) < 4.78 is 5.04. The molecular weight excluding hydrogens is 236 g/mol. The predicted octanol–water partition coefficient (Wildman–Crippen LogP) is 2.23. The largest absolute Gasteiger partial charge is 0.362 e. The number of hydrogen-bond acceptors (Lipinski definition) is 2. The lowest BCUT2D eigenvalue weighted by Gasteiger charge is -2.28. The van der Waals surface area contributed by atoms with Gasteiger partial charge in [0.2, 0.25) is 0 Å². The standard InChI is InChI=1S/C8H15BrN2O2/c1-5-10-8(12)11(6(2)9)7(3)13-4/h5-7H,1-4H3/b10-5+. The molecule has 2 atom stereocenters. The number of carbonyl (C=O) groups is 1. The first-order valence-corrected chi connectivity index (χ1v) is 4.94. The van der Waals surface area contributed by atoms with Crippen LogP contribution in [-0.2, 0) is 4.74 Å². The van der Waals surface area contributed by atoms with Crippen molar-refractivity contribution in [3.63, 3.8) is 0 Å². The Balaban J connectivity index is 4.50. The smallest absolute Gasteiger partial charge is 0.346 e. The van der Waals surface area contributed by atoms with Crippen molar-refractivity contribution < 1.29 is 9.53 Å². The van der Waals surface area contributed by atoms with Crippen molar-refractivity contribution in [1.82, 2.24) is 4.90 Å². The maximum absolute atomic E-state index is 11.4. The average Bonchev–Trinajstić information content (AvgIpc) is 2.04. The second kappa shape index (κ2) is 6.10. The summed E-state index contributed by atoms with van der Waals surface area (Å²) >= 11 is 3.30. The fraction of sp³-hybridized carbons (Fsp3) is 0.750. The maximum Gasteiger partial charge on any atom is 0.346 e. The van der Waals surface area contributed by atoms with Gasteiger partial charge in [-0.15, -0.1) is 0 Å². The molecule has 0 aromatic heterocycles. The van der Waals surface area contributed by atoms with Crippen LogP contribution in [0.3, 0.4) is 0 Å². The molecule has 0 fully saturated rings. The summed E-state index contributed by atoms with van der Waals surface area (Å²) in [5, 5.41) is 0. The van der Waals surface area contributed by atoms with Crippen LogP contribution in [-0.4, -0.2) is 35.4 Å². The molecule has 2 unspecified atom stereocenters. The van der Waals surface area contributed by atoms with Gasteiger partial charge < -0.3 is 4.74 Å². The van der Waals surface area contributed by atoms with Gasteiger partial charge in [-0.2, -0.15) is 0 Å². The Morgan fingerprint density at radius 3 is 2.46 bits per heavy atom. The van der Waals surface area contributed by atoms with Crippen molar-refractivity contribution >= 4 is 28.2 Å². The first-order valence-electron chi connectivity index (χ1n) is 4.02. The van der Waals surface area contributed by atoms with E-state index in [0.717, 1.165) is 0 Å². The van der Waals surface area contributed by atoms with Gasteiger partial charge in [0, 0.05) is 13.3 Å². The monoisotopic (exact) mass is 250 g/mol. The third-order valence-electron chi connectivity index (χ3n) is 1.58. The Morgan fingerprint density at radius 1 is 1.62 bits per heavy atom. The topological polar surface area (TPSA) is 41.9 Å². The van der Waals surface area contributed by atoms with E-state index in [1.807, 2.05) is 6.92 Å². The van der Waals surface area contributed by atoms with E-state index in [0.29, 0.717) is 0 Å². The summed E-state index contributed by atoms with van der Waals surface area (Å²) in [5.74, 6) is 0. The highest BCUT2D eigenvalue weighted by atomic mass is 79.9. The molecule has 0 heterocycles. The number of carbonyl (C=O) groups excluding carboxylic acids is 1. The number of ether oxygens (including phenoxy) is 1. The number of aliphatic imine (C=N–C) groups is 1. The second-order valence-electron chi connectivity index (χ2n) is 2.49. The molecule has 0 aromatic carbocycles. The molecule has 76 valence electrons. The highest BCUT2D eigenvalue weighted by Crippen LogP contribution is 2.13. The predicted molar refractivity (Wildman–Crippen MR) is 56.3 cm³/mol. The summed E-state index contributed by atoms with van der Waals surface area (Å²) in [6.45, 7) is 5.34. The molecule has 0 aliphatic rings. The molecule has 0 radical (unpaired) electrons. The van der Waals surface area contributed by atoms with Gasteiger partial charge in [0.15, 0.2) is 0 Å². The highest BCUT2D eigenvalue weighted by Gasteiger charge is 2.22. The molecule has 0 saturated heterocycles. The van der Waals surface area contributed by atoms with Crippen LogP contribution in [0.5, 0.6) is 0 Å². The molecule has 4 nitrogen and oxygen atoms in total. The fourth-order valence-electron chi connectivity index (χ4n) is 0.888. The minimum absolute atomic E-state index is 0.0985. The van der Waals surface area contributed by atoms with Gasteiger partial charge in [-0.25, -0.2) is 9.79 Å². The zero-order valence-corrected chi connectivity index (χ0v) is 9.91. The number of rotatable bonds is 3. The van der Waals surface area contributed by atoms with Gasteiger partial charge in [-0.3, -0.25) is 4.90 Å². The van der Waals surface area contributed by atoms with Gasteiger partial charge in [0.25, 0.3) is 0 Å². The summed E-state index contributed by atoms with van der Waals surface area (Å²) in [6, 6.07) is -0.304. The molecule has 0 aliphatic heterocycles. The molecule has 2 amide bonds. The number of methoxy groups -OCH3 is 1. The van der Waals surface area contributed by atoms with Crippen molar-refractivity contribution in [2.75, 3.05) is 7.11 Å². The van der Waals surface area contributed by atoms with E-state index in [1.165, 1.54) is 11.1 Å². The Kier molecular flexibility index (Phi) is 5.90. The van der Waals surface area contributed by atoms with Gasteiger partial charge in [0.05, 0.1) is 4.95 Å². The van der Waals surface area contributed by atoms with Crippen molar-refractivity contribution in [3.05, 3.63) is 0 Å². The van der Waals surface area contributed by atoms with Crippen LogP contribution in [0, 0.1) is 0 Å². The quantitative estimate of drug-likeness (QED) is 0.334. The minimum atomic E-state index is -0.304. The van der Waals surface area contributed by atoms with E-state index in [2.05, 4.69) is 20.9 Å². The van der Waals surface area contributed by atoms with Crippen molar-refractivity contribution in [3.8, 4) is 0 Å². The van der Waals surface area contributed by atoms with E-state index in [1.54, 1.807) is 21.0 Å². The SMILES string of the molecule is C/C=N/C(=O)N(C(C)Br)C(C)OC. The third-order valence-corrected chi connectivity index (χ3v) is 2.02. The lowest BCUT2D eigenvalue weighted by Crippen LogP contribution is -2.41. The number of hydrogen-bond donors (Lipinski definition) is 0. The van der Waals surface area contributed by atoms with Crippen LogP contribution in [0.1, 0.15) is 20.8 Å². The lowest BCUT2D eigenvalue weighted by atomic mass is 10.5. The molecule has 0 aliphatic carbocycles. The highest BCUT2D eigenvalue weighted by molar-refractivity contribution is 9.09. The van der Waals surface area contributed by atoms with E-state index in [9.17, 15) is 4.79 Å². The lowest BCUT2D eigenvalue weighted by molar-refractivity contribution is 0.00621. The number of halogens is 1. The number of nitrogens with zero attached hydrogens (tertiary/aromatic N) is 2. The van der Waals surface area contributed by atoms with Gasteiger partial charge >= 0.3 is 6.03 Å². The average molecular weight is 251 g/mol. The van der Waals surface area contributed by atoms with Crippen molar-refractivity contribution in [2.24, 2.45) is 4.99 Å². The van der Waals surface area contributed by atoms with Crippen LogP contribution < -0.4 is 0 Å². The summed E-state index contributed by atoms with van der Waals surface area (Å²) in [4.78, 5) is 16.5. The fourth-order valence-corrected chi connectivity index (χ4v) is 1.40. The first kappa shape index (κ1) is 12.6. The minimum Gasteiger partial charge on any atom is -0.362 e. The molecule has 13 heavy (non-hydrogen) atoms. The van der Waals surface area contributed by atoms with E-state index in [4.69, 9.17) is 4.74 Å². The van der Waals surface area contributed by atoms with Crippen LogP contribution in [0.4, 0.5) is 4.79 Å².